The standard InChI is InChI=1S/C30H38N8O3/c1-18(35-16-26(40)38-24(15-31)12-13-25-19(2)27(25)38)14-30(29(32)36-37-33,22-8-4-20(17-39)5-9-22)23-10-6-21(7-11-23)28(41)34-3/h4-11,17-19,24-25,27,35,37H,12-14,16,33H2,1-3H3,(H2,32,36)(H,34,41)/t18-,19+,24?,25?,27?,30?/m1/s1. The van der Waals surface area contributed by atoms with Gasteiger partial charge in [-0.15, -0.1) is 0 Å². The molecule has 2 fully saturated rings. The van der Waals surface area contributed by atoms with Crippen molar-refractivity contribution in [1.82, 2.24) is 21.1 Å². The average molecular weight is 559 g/mol. The second-order valence-corrected chi connectivity index (χ2v) is 11.0. The number of nitrogens with two attached hydrogens (primary N) is 2. The SMILES string of the molecule is CNC(=O)c1ccc(C(C[C@@H](C)NCC(=O)N2C(C#N)CCC3C2[C@H]3C)(/C(N)=N/NN)c2ccc(C=O)cc2)cc1. The monoisotopic (exact) mass is 558 g/mol. The van der Waals surface area contributed by atoms with E-state index in [0.29, 0.717) is 35.8 Å². The Morgan fingerprint density at radius 2 is 1.80 bits per heavy atom. The predicted octanol–water partition coefficient (Wildman–Crippen LogP) is 1.40. The lowest BCUT2D eigenvalue weighted by atomic mass is 9.69. The van der Waals surface area contributed by atoms with Gasteiger partial charge in [0.05, 0.1) is 18.0 Å². The fourth-order valence-corrected chi connectivity index (χ4v) is 6.33. The molecule has 0 radical (unpaired) electrons. The first-order valence-corrected chi connectivity index (χ1v) is 13.8. The van der Waals surface area contributed by atoms with E-state index in [0.717, 1.165) is 23.8 Å². The number of hydrogen-bond acceptors (Lipinski definition) is 8. The van der Waals surface area contributed by atoms with E-state index in [1.165, 1.54) is 0 Å². The van der Waals surface area contributed by atoms with Gasteiger partial charge in [-0.1, -0.05) is 43.3 Å². The van der Waals surface area contributed by atoms with Crippen LogP contribution in [0.3, 0.4) is 0 Å². The summed E-state index contributed by atoms with van der Waals surface area (Å²) in [7, 11) is 1.56. The lowest BCUT2D eigenvalue weighted by molar-refractivity contribution is -0.133. The van der Waals surface area contributed by atoms with Gasteiger partial charge in [-0.25, -0.2) is 11.4 Å². The zero-order chi connectivity index (χ0) is 29.7. The average Bonchev–Trinajstić information content (AvgIpc) is 3.67. The van der Waals surface area contributed by atoms with E-state index in [-0.39, 0.29) is 36.3 Å². The molecule has 6 atom stereocenters. The lowest BCUT2D eigenvalue weighted by Crippen LogP contribution is -2.51. The van der Waals surface area contributed by atoms with Gasteiger partial charge in [0.15, 0.2) is 0 Å². The molecule has 216 valence electrons. The molecular weight excluding hydrogens is 520 g/mol. The first kappa shape index (κ1) is 29.7. The summed E-state index contributed by atoms with van der Waals surface area (Å²) >= 11 is 0. The summed E-state index contributed by atoms with van der Waals surface area (Å²) in [5.74, 6) is 6.30. The van der Waals surface area contributed by atoms with Crippen molar-refractivity contribution in [1.29, 1.82) is 5.26 Å². The molecule has 11 nitrogen and oxygen atoms in total. The van der Waals surface area contributed by atoms with Crippen LogP contribution in [0.2, 0.25) is 0 Å². The summed E-state index contributed by atoms with van der Waals surface area (Å²) in [5.41, 5.74) is 10.4. The molecular formula is C30H38N8O3. The minimum atomic E-state index is -1.04. The van der Waals surface area contributed by atoms with Crippen molar-refractivity contribution in [2.75, 3.05) is 13.6 Å². The number of fused-ring (bicyclic) bond motifs is 1. The summed E-state index contributed by atoms with van der Waals surface area (Å²) in [6.07, 6.45) is 2.81. The van der Waals surface area contributed by atoms with E-state index in [2.05, 4.69) is 34.3 Å². The van der Waals surface area contributed by atoms with Gasteiger partial charge in [-0.2, -0.15) is 10.4 Å². The Balaban J connectivity index is 1.66. The van der Waals surface area contributed by atoms with Crippen molar-refractivity contribution >= 4 is 23.9 Å². The van der Waals surface area contributed by atoms with Gasteiger partial charge in [0, 0.05) is 30.3 Å². The van der Waals surface area contributed by atoms with Crippen LogP contribution >= 0.6 is 0 Å². The van der Waals surface area contributed by atoms with Crippen LogP contribution in [-0.4, -0.2) is 60.6 Å². The Morgan fingerprint density at radius 3 is 2.37 bits per heavy atom. The Morgan fingerprint density at radius 1 is 1.17 bits per heavy atom. The minimum absolute atomic E-state index is 0.0667. The molecule has 1 heterocycles. The van der Waals surface area contributed by atoms with Gasteiger partial charge in [-0.3, -0.25) is 14.4 Å². The number of rotatable bonds is 11. The highest BCUT2D eigenvalue weighted by Gasteiger charge is 2.56. The molecule has 1 saturated heterocycles. The number of aldehydes is 1. The molecule has 0 bridgehead atoms. The zero-order valence-electron chi connectivity index (χ0n) is 23.6. The summed E-state index contributed by atoms with van der Waals surface area (Å²) < 4.78 is 0. The largest absolute Gasteiger partial charge is 0.385 e. The van der Waals surface area contributed by atoms with Crippen molar-refractivity contribution in [2.24, 2.45) is 28.5 Å². The first-order chi connectivity index (χ1) is 19.7. The molecule has 1 saturated carbocycles. The number of hydrazine groups is 1. The quantitative estimate of drug-likeness (QED) is 0.0903. The number of likely N-dealkylation sites (tertiary alicyclic amines) is 1. The van der Waals surface area contributed by atoms with E-state index in [1.54, 1.807) is 36.2 Å². The Hall–Kier alpha value is -4.27. The maximum atomic E-state index is 13.4. The van der Waals surface area contributed by atoms with Crippen molar-refractivity contribution in [2.45, 2.75) is 56.7 Å². The number of hydrazone groups is 1. The number of amidine groups is 1. The van der Waals surface area contributed by atoms with Crippen LogP contribution in [0.1, 0.15) is 65.0 Å². The van der Waals surface area contributed by atoms with Crippen molar-refractivity contribution in [3.8, 4) is 6.07 Å². The molecule has 4 rings (SSSR count). The third kappa shape index (κ3) is 5.80. The van der Waals surface area contributed by atoms with Crippen LogP contribution in [0.5, 0.6) is 0 Å². The lowest BCUT2D eigenvalue weighted by Gasteiger charge is -2.37. The maximum Gasteiger partial charge on any atom is 0.251 e. The molecule has 1 aliphatic carbocycles. The van der Waals surface area contributed by atoms with E-state index in [1.807, 2.05) is 31.2 Å². The third-order valence-electron chi connectivity index (χ3n) is 8.62. The fraction of sp³-hybridized carbons (Fsp3) is 0.433. The maximum absolute atomic E-state index is 13.4. The van der Waals surface area contributed by atoms with E-state index < -0.39 is 11.5 Å². The number of hydrogen-bond donors (Lipinski definition) is 5. The molecule has 11 heteroatoms. The predicted molar refractivity (Wildman–Crippen MR) is 155 cm³/mol. The molecule has 1 aliphatic heterocycles. The normalized spacial score (nSPS) is 23.8. The van der Waals surface area contributed by atoms with E-state index in [4.69, 9.17) is 11.6 Å². The molecule has 2 aliphatic rings. The fourth-order valence-electron chi connectivity index (χ4n) is 6.33. The van der Waals surface area contributed by atoms with Gasteiger partial charge in [0.1, 0.15) is 18.2 Å². The Bertz CT molecular complexity index is 1340. The second-order valence-electron chi connectivity index (χ2n) is 11.0. The van der Waals surface area contributed by atoms with E-state index >= 15 is 0 Å². The third-order valence-corrected chi connectivity index (χ3v) is 8.62. The number of carbonyl (C=O) groups is 3. The first-order valence-electron chi connectivity index (χ1n) is 13.8. The molecule has 7 N–H and O–H groups in total. The molecule has 2 aromatic rings. The second kappa shape index (κ2) is 12.5. The van der Waals surface area contributed by atoms with Gasteiger partial charge in [0.25, 0.3) is 5.91 Å². The number of nitrogens with one attached hydrogen (secondary N) is 3. The molecule has 4 unspecified atom stereocenters. The van der Waals surface area contributed by atoms with Gasteiger partial charge in [-0.05, 0) is 61.3 Å². The number of amides is 2. The van der Waals surface area contributed by atoms with Crippen LogP contribution in [0, 0.1) is 23.2 Å². The summed E-state index contributed by atoms with van der Waals surface area (Å²) in [4.78, 5) is 38.7. The number of nitriles is 1. The van der Waals surface area contributed by atoms with Crippen LogP contribution in [-0.2, 0) is 10.2 Å². The molecule has 0 spiro atoms. The van der Waals surface area contributed by atoms with Crippen LogP contribution in [0.4, 0.5) is 0 Å². The highest BCUT2D eigenvalue weighted by Crippen LogP contribution is 2.50. The van der Waals surface area contributed by atoms with Gasteiger partial charge < -0.3 is 21.3 Å². The number of carbonyl (C=O) groups excluding carboxylic acids is 3. The molecule has 2 aromatic carbocycles. The molecule has 41 heavy (non-hydrogen) atoms. The number of piperidine rings is 1. The zero-order valence-corrected chi connectivity index (χ0v) is 23.6. The summed E-state index contributed by atoms with van der Waals surface area (Å²) in [5, 5.41) is 19.8. The van der Waals surface area contributed by atoms with Crippen molar-refractivity contribution in [3.63, 3.8) is 0 Å². The molecule has 2 amide bonds. The molecule has 0 aromatic heterocycles. The van der Waals surface area contributed by atoms with Crippen LogP contribution < -0.4 is 27.7 Å². The van der Waals surface area contributed by atoms with Crippen LogP contribution in [0.25, 0.3) is 0 Å². The number of benzene rings is 2. The Kier molecular flexibility index (Phi) is 9.05. The van der Waals surface area contributed by atoms with Gasteiger partial charge in [0.2, 0.25) is 5.91 Å². The van der Waals surface area contributed by atoms with Gasteiger partial charge >= 0.3 is 0 Å². The van der Waals surface area contributed by atoms with Crippen LogP contribution in [0.15, 0.2) is 53.6 Å². The smallest absolute Gasteiger partial charge is 0.251 e. The Labute approximate surface area is 240 Å². The summed E-state index contributed by atoms with van der Waals surface area (Å²) in [6, 6.07) is 15.8. The highest BCUT2D eigenvalue weighted by atomic mass is 16.2. The van der Waals surface area contributed by atoms with Crippen molar-refractivity contribution < 1.29 is 14.4 Å². The van der Waals surface area contributed by atoms with E-state index in [9.17, 15) is 19.6 Å². The van der Waals surface area contributed by atoms with Crippen molar-refractivity contribution in [3.05, 3.63) is 70.8 Å². The minimum Gasteiger partial charge on any atom is -0.385 e. The topological polar surface area (TPSA) is 179 Å². The highest BCUT2D eigenvalue weighted by molar-refractivity contribution is 5.97. The number of nitrogens with zero attached hydrogens (tertiary/aromatic N) is 3. The summed E-state index contributed by atoms with van der Waals surface area (Å²) in [6.45, 7) is 4.15.